The van der Waals surface area contributed by atoms with Gasteiger partial charge in [0.1, 0.15) is 5.82 Å². The van der Waals surface area contributed by atoms with Crippen LogP contribution in [0.15, 0.2) is 42.5 Å². The van der Waals surface area contributed by atoms with Gasteiger partial charge in [-0.05, 0) is 30.0 Å². The summed E-state index contributed by atoms with van der Waals surface area (Å²) in [4.78, 5) is 16.9. The highest BCUT2D eigenvalue weighted by Gasteiger charge is 2.23. The number of carbonyl (C=O) groups is 1. The van der Waals surface area contributed by atoms with Gasteiger partial charge < -0.3 is 10.2 Å². The van der Waals surface area contributed by atoms with Crippen LogP contribution in [0.2, 0.25) is 0 Å². The monoisotopic (exact) mass is 367 g/mol. The highest BCUT2D eigenvalue weighted by molar-refractivity contribution is 5.92. The van der Waals surface area contributed by atoms with Gasteiger partial charge in [-0.1, -0.05) is 44.2 Å². The molecule has 6 heteroatoms. The van der Waals surface area contributed by atoms with Gasteiger partial charge in [-0.15, -0.1) is 10.2 Å². The summed E-state index contributed by atoms with van der Waals surface area (Å²) in [6.45, 7) is 9.38. The summed E-state index contributed by atoms with van der Waals surface area (Å²) < 4.78 is 0. The second-order valence-electron chi connectivity index (χ2n) is 7.47. The molecule has 0 radical (unpaired) electrons. The van der Waals surface area contributed by atoms with Crippen LogP contribution < -0.4 is 5.32 Å². The Morgan fingerprint density at radius 2 is 1.78 bits per heavy atom. The lowest BCUT2D eigenvalue weighted by Crippen LogP contribution is -2.48. The van der Waals surface area contributed by atoms with E-state index in [0.29, 0.717) is 11.6 Å². The van der Waals surface area contributed by atoms with Gasteiger partial charge in [-0.2, -0.15) is 0 Å². The van der Waals surface area contributed by atoms with E-state index in [1.807, 2.05) is 17.0 Å². The topological polar surface area (TPSA) is 61.4 Å². The molecule has 0 saturated carbocycles. The average Bonchev–Trinajstić information content (AvgIpc) is 2.69. The number of hydrogen-bond acceptors (Lipinski definition) is 5. The number of amides is 1. The third-order valence-corrected chi connectivity index (χ3v) is 4.82. The molecule has 3 rings (SSSR count). The minimum Gasteiger partial charge on any atom is -0.369 e. The summed E-state index contributed by atoms with van der Waals surface area (Å²) in [5, 5.41) is 11.5. The van der Waals surface area contributed by atoms with Crippen molar-refractivity contribution in [3.63, 3.8) is 0 Å². The maximum atomic E-state index is 12.7. The van der Waals surface area contributed by atoms with Crippen molar-refractivity contribution in [2.24, 2.45) is 5.92 Å². The lowest BCUT2D eigenvalue weighted by molar-refractivity contribution is 0.0621. The van der Waals surface area contributed by atoms with Crippen molar-refractivity contribution < 1.29 is 4.79 Å². The molecule has 1 saturated heterocycles. The van der Waals surface area contributed by atoms with Crippen LogP contribution in [0, 0.1) is 5.92 Å². The first-order valence-corrected chi connectivity index (χ1v) is 9.75. The molecular formula is C21H29N5O. The molecule has 1 aromatic carbocycles. The van der Waals surface area contributed by atoms with E-state index in [-0.39, 0.29) is 5.91 Å². The van der Waals surface area contributed by atoms with Crippen LogP contribution in [-0.4, -0.2) is 58.6 Å². The molecule has 144 valence electrons. The number of anilines is 1. The summed E-state index contributed by atoms with van der Waals surface area (Å²) in [6.07, 6.45) is 1.08. The Labute approximate surface area is 161 Å². The first kappa shape index (κ1) is 19.3. The lowest BCUT2D eigenvalue weighted by Gasteiger charge is -2.34. The van der Waals surface area contributed by atoms with E-state index in [2.05, 4.69) is 58.5 Å². The molecule has 1 amide bonds. The fourth-order valence-electron chi connectivity index (χ4n) is 3.14. The second kappa shape index (κ2) is 9.46. The smallest absolute Gasteiger partial charge is 0.274 e. The summed E-state index contributed by atoms with van der Waals surface area (Å²) in [5.74, 6) is 1.34. The highest BCUT2D eigenvalue weighted by atomic mass is 16.2. The van der Waals surface area contributed by atoms with Gasteiger partial charge in [0.15, 0.2) is 5.69 Å². The molecule has 0 aliphatic carbocycles. The second-order valence-corrected chi connectivity index (χ2v) is 7.47. The van der Waals surface area contributed by atoms with E-state index >= 15 is 0 Å². The van der Waals surface area contributed by atoms with Crippen molar-refractivity contribution in [1.82, 2.24) is 20.0 Å². The van der Waals surface area contributed by atoms with Gasteiger partial charge in [-0.25, -0.2) is 0 Å². The molecule has 2 aromatic rings. The summed E-state index contributed by atoms with van der Waals surface area (Å²) in [5.41, 5.74) is 1.73. The number of nitrogens with one attached hydrogen (secondary N) is 1. The van der Waals surface area contributed by atoms with E-state index in [0.717, 1.165) is 51.5 Å². The zero-order chi connectivity index (χ0) is 19.1. The van der Waals surface area contributed by atoms with E-state index in [4.69, 9.17) is 0 Å². The third-order valence-electron chi connectivity index (χ3n) is 4.82. The molecule has 0 unspecified atom stereocenters. The van der Waals surface area contributed by atoms with Crippen LogP contribution in [-0.2, 0) is 6.54 Å². The van der Waals surface area contributed by atoms with Crippen molar-refractivity contribution in [2.45, 2.75) is 26.8 Å². The van der Waals surface area contributed by atoms with Gasteiger partial charge in [-0.3, -0.25) is 9.69 Å². The maximum Gasteiger partial charge on any atom is 0.274 e. The zero-order valence-electron chi connectivity index (χ0n) is 16.3. The fourth-order valence-corrected chi connectivity index (χ4v) is 3.14. The van der Waals surface area contributed by atoms with Crippen molar-refractivity contribution >= 4 is 11.7 Å². The number of rotatable bonds is 7. The van der Waals surface area contributed by atoms with Crippen molar-refractivity contribution in [3.05, 3.63) is 53.7 Å². The predicted molar refractivity (Wildman–Crippen MR) is 108 cm³/mol. The maximum absolute atomic E-state index is 12.7. The van der Waals surface area contributed by atoms with E-state index < -0.39 is 0 Å². The molecule has 1 fully saturated rings. The Hall–Kier alpha value is -2.47. The van der Waals surface area contributed by atoms with Crippen molar-refractivity contribution in [3.8, 4) is 0 Å². The van der Waals surface area contributed by atoms with Crippen molar-refractivity contribution in [2.75, 3.05) is 38.0 Å². The SMILES string of the molecule is CC(C)CCNc1ccc(C(=O)N2CCN(Cc3ccccc3)CC2)nn1. The standard InChI is InChI=1S/C21H29N5O/c1-17(2)10-11-22-20-9-8-19(23-24-20)21(27)26-14-12-25(13-15-26)16-18-6-4-3-5-7-18/h3-9,17H,10-16H2,1-2H3,(H,22,24). The van der Waals surface area contributed by atoms with Gasteiger partial charge in [0.05, 0.1) is 0 Å². The quantitative estimate of drug-likeness (QED) is 0.815. The van der Waals surface area contributed by atoms with Crippen LogP contribution in [0.4, 0.5) is 5.82 Å². The molecule has 1 aliphatic rings. The largest absolute Gasteiger partial charge is 0.369 e. The van der Waals surface area contributed by atoms with Gasteiger partial charge in [0, 0.05) is 39.3 Å². The number of aromatic nitrogens is 2. The van der Waals surface area contributed by atoms with E-state index in [1.54, 1.807) is 6.07 Å². The number of hydrogen-bond donors (Lipinski definition) is 1. The predicted octanol–water partition coefficient (Wildman–Crippen LogP) is 2.89. The summed E-state index contributed by atoms with van der Waals surface area (Å²) >= 11 is 0. The first-order valence-electron chi connectivity index (χ1n) is 9.75. The lowest BCUT2D eigenvalue weighted by atomic mass is 10.1. The molecule has 6 nitrogen and oxygen atoms in total. The molecule has 0 spiro atoms. The Bertz CT molecular complexity index is 709. The highest BCUT2D eigenvalue weighted by Crippen LogP contribution is 2.11. The van der Waals surface area contributed by atoms with Crippen LogP contribution in [0.25, 0.3) is 0 Å². The van der Waals surface area contributed by atoms with Crippen molar-refractivity contribution in [1.29, 1.82) is 0 Å². The molecule has 0 atom stereocenters. The van der Waals surface area contributed by atoms with Gasteiger partial charge in [0.2, 0.25) is 0 Å². The summed E-state index contributed by atoms with van der Waals surface area (Å²) in [7, 11) is 0. The molecular weight excluding hydrogens is 338 g/mol. The summed E-state index contributed by atoms with van der Waals surface area (Å²) in [6, 6.07) is 14.1. The Morgan fingerprint density at radius 3 is 2.41 bits per heavy atom. The van der Waals surface area contributed by atoms with Crippen LogP contribution >= 0.6 is 0 Å². The molecule has 1 aliphatic heterocycles. The normalized spacial score (nSPS) is 15.1. The number of carbonyl (C=O) groups excluding carboxylic acids is 1. The number of piperazine rings is 1. The third kappa shape index (κ3) is 5.76. The van der Waals surface area contributed by atoms with Crippen LogP contribution in [0.1, 0.15) is 36.3 Å². The van der Waals surface area contributed by atoms with E-state index in [9.17, 15) is 4.79 Å². The van der Waals surface area contributed by atoms with Crippen LogP contribution in [0.3, 0.4) is 0 Å². The van der Waals surface area contributed by atoms with Gasteiger partial charge >= 0.3 is 0 Å². The minimum absolute atomic E-state index is 0.0319. The minimum atomic E-state index is -0.0319. The molecule has 2 heterocycles. The number of nitrogens with zero attached hydrogens (tertiary/aromatic N) is 4. The Kier molecular flexibility index (Phi) is 6.76. The Morgan fingerprint density at radius 1 is 1.04 bits per heavy atom. The van der Waals surface area contributed by atoms with Gasteiger partial charge in [0.25, 0.3) is 5.91 Å². The molecule has 1 aromatic heterocycles. The average molecular weight is 367 g/mol. The Balaban J connectivity index is 1.47. The fraction of sp³-hybridized carbons (Fsp3) is 0.476. The molecule has 27 heavy (non-hydrogen) atoms. The first-order chi connectivity index (χ1) is 13.1. The molecule has 1 N–H and O–H groups in total. The zero-order valence-corrected chi connectivity index (χ0v) is 16.3. The van der Waals surface area contributed by atoms with E-state index in [1.165, 1.54) is 5.56 Å². The van der Waals surface area contributed by atoms with Crippen LogP contribution in [0.5, 0.6) is 0 Å². The molecule has 0 bridgehead atoms. The number of benzene rings is 1.